The third-order valence-electron chi connectivity index (χ3n) is 8.99. The van der Waals surface area contributed by atoms with Crippen LogP contribution in [0.4, 0.5) is 0 Å². The van der Waals surface area contributed by atoms with Crippen molar-refractivity contribution >= 4 is 10.8 Å². The number of unbranched alkanes of at least 4 members (excludes halogenated alkanes) is 8. The smallest absolute Gasteiger partial charge is 0.0127 e. The Morgan fingerprint density at radius 1 is 0.688 bits per heavy atom. The molecule has 0 amide bonds. The Balaban J connectivity index is 1.38. The Morgan fingerprint density at radius 2 is 1.38 bits per heavy atom. The summed E-state index contributed by atoms with van der Waals surface area (Å²) in [5.74, 6) is 3.77. The van der Waals surface area contributed by atoms with Crippen molar-refractivity contribution in [2.24, 2.45) is 17.8 Å². The van der Waals surface area contributed by atoms with Crippen LogP contribution in [0.25, 0.3) is 10.8 Å². The van der Waals surface area contributed by atoms with Crippen molar-refractivity contribution in [2.45, 2.75) is 122 Å². The van der Waals surface area contributed by atoms with Crippen LogP contribution in [0.5, 0.6) is 0 Å². The van der Waals surface area contributed by atoms with Crippen molar-refractivity contribution in [1.29, 1.82) is 0 Å². The molecule has 0 aromatic heterocycles. The zero-order chi connectivity index (χ0) is 22.0. The van der Waals surface area contributed by atoms with Gasteiger partial charge in [-0.3, -0.25) is 0 Å². The van der Waals surface area contributed by atoms with Crippen LogP contribution >= 0.6 is 0 Å². The van der Waals surface area contributed by atoms with Crippen LogP contribution in [0, 0.1) is 17.8 Å². The predicted molar refractivity (Wildman–Crippen MR) is 141 cm³/mol. The lowest BCUT2D eigenvalue weighted by atomic mass is 9.63. The van der Waals surface area contributed by atoms with Gasteiger partial charge in [0.25, 0.3) is 0 Å². The molecule has 0 heteroatoms. The Hall–Kier alpha value is -1.30. The lowest BCUT2D eigenvalue weighted by Crippen LogP contribution is -2.30. The molecule has 2 aliphatic rings. The van der Waals surface area contributed by atoms with Crippen LogP contribution in [0.1, 0.15) is 128 Å². The van der Waals surface area contributed by atoms with E-state index in [9.17, 15) is 0 Å². The SMILES string of the molecule is CCCCCCCCCCCC(c1cccc2ccccc12)C1CCC2CCCCC2C1. The minimum Gasteiger partial charge on any atom is -0.0654 e. The van der Waals surface area contributed by atoms with Gasteiger partial charge in [-0.1, -0.05) is 133 Å². The van der Waals surface area contributed by atoms with Gasteiger partial charge in [0.1, 0.15) is 0 Å². The summed E-state index contributed by atoms with van der Waals surface area (Å²) < 4.78 is 0. The van der Waals surface area contributed by atoms with Gasteiger partial charge in [-0.2, -0.15) is 0 Å². The van der Waals surface area contributed by atoms with Crippen molar-refractivity contribution < 1.29 is 0 Å². The van der Waals surface area contributed by atoms with Gasteiger partial charge in [-0.05, 0) is 65.7 Å². The molecule has 32 heavy (non-hydrogen) atoms. The van der Waals surface area contributed by atoms with Crippen LogP contribution in [0.15, 0.2) is 42.5 Å². The Morgan fingerprint density at radius 3 is 2.19 bits per heavy atom. The van der Waals surface area contributed by atoms with Gasteiger partial charge >= 0.3 is 0 Å². The Labute approximate surface area is 198 Å². The van der Waals surface area contributed by atoms with E-state index >= 15 is 0 Å². The highest BCUT2D eigenvalue weighted by Crippen LogP contribution is 2.49. The fourth-order valence-corrected chi connectivity index (χ4v) is 7.17. The molecule has 4 rings (SSSR count). The highest BCUT2D eigenvalue weighted by molar-refractivity contribution is 5.86. The van der Waals surface area contributed by atoms with Crippen LogP contribution < -0.4 is 0 Å². The Kier molecular flexibility index (Phi) is 9.55. The fraction of sp³-hybridized carbons (Fsp3) is 0.688. The molecule has 0 nitrogen and oxygen atoms in total. The number of hydrogen-bond donors (Lipinski definition) is 0. The molecule has 4 atom stereocenters. The van der Waals surface area contributed by atoms with Crippen LogP contribution in [0.3, 0.4) is 0 Å². The van der Waals surface area contributed by atoms with E-state index in [0.717, 1.165) is 23.7 Å². The molecule has 2 aromatic rings. The van der Waals surface area contributed by atoms with Gasteiger partial charge < -0.3 is 0 Å². The van der Waals surface area contributed by atoms with Crippen molar-refractivity contribution in [3.63, 3.8) is 0 Å². The molecular formula is C32H48. The first kappa shape index (κ1) is 23.8. The van der Waals surface area contributed by atoms with Gasteiger partial charge in [-0.25, -0.2) is 0 Å². The van der Waals surface area contributed by atoms with E-state index in [4.69, 9.17) is 0 Å². The summed E-state index contributed by atoms with van der Waals surface area (Å²) in [5.41, 5.74) is 1.67. The number of fused-ring (bicyclic) bond motifs is 2. The molecule has 2 saturated carbocycles. The molecule has 4 unspecified atom stereocenters. The zero-order valence-electron chi connectivity index (χ0n) is 20.9. The summed E-state index contributed by atoms with van der Waals surface area (Å²) >= 11 is 0. The average molecular weight is 433 g/mol. The summed E-state index contributed by atoms with van der Waals surface area (Å²) in [6, 6.07) is 16.3. The molecule has 0 spiro atoms. The van der Waals surface area contributed by atoms with E-state index in [0.29, 0.717) is 0 Å². The van der Waals surface area contributed by atoms with Crippen molar-refractivity contribution in [1.82, 2.24) is 0 Å². The third kappa shape index (κ3) is 6.39. The number of hydrogen-bond acceptors (Lipinski definition) is 0. The van der Waals surface area contributed by atoms with Crippen molar-refractivity contribution in [3.05, 3.63) is 48.0 Å². The highest BCUT2D eigenvalue weighted by atomic mass is 14.4. The second-order valence-corrected chi connectivity index (χ2v) is 11.2. The number of benzene rings is 2. The minimum atomic E-state index is 0.772. The maximum Gasteiger partial charge on any atom is -0.0127 e. The molecule has 176 valence electrons. The molecule has 0 heterocycles. The van der Waals surface area contributed by atoms with E-state index < -0.39 is 0 Å². The molecule has 0 radical (unpaired) electrons. The first-order valence-electron chi connectivity index (χ1n) is 14.3. The second-order valence-electron chi connectivity index (χ2n) is 11.2. The van der Waals surface area contributed by atoms with Crippen LogP contribution in [-0.2, 0) is 0 Å². The van der Waals surface area contributed by atoms with Gasteiger partial charge in [0.2, 0.25) is 0 Å². The summed E-state index contributed by atoms with van der Waals surface area (Å²) in [5, 5.41) is 2.97. The molecule has 0 N–H and O–H groups in total. The molecule has 0 aliphatic heterocycles. The quantitative estimate of drug-likeness (QED) is 0.292. The average Bonchev–Trinajstić information content (AvgIpc) is 2.85. The molecule has 2 aromatic carbocycles. The maximum absolute atomic E-state index is 2.48. The first-order valence-corrected chi connectivity index (χ1v) is 14.3. The normalized spacial score (nSPS) is 24.3. The summed E-state index contributed by atoms with van der Waals surface area (Å²) in [6.45, 7) is 2.31. The molecule has 2 fully saturated rings. The van der Waals surface area contributed by atoms with Gasteiger partial charge in [0.15, 0.2) is 0 Å². The van der Waals surface area contributed by atoms with Gasteiger partial charge in [-0.15, -0.1) is 0 Å². The molecule has 0 bridgehead atoms. The summed E-state index contributed by atoms with van der Waals surface area (Å²) in [7, 11) is 0. The first-order chi connectivity index (χ1) is 15.9. The molecule has 0 saturated heterocycles. The largest absolute Gasteiger partial charge is 0.0654 e. The zero-order valence-corrected chi connectivity index (χ0v) is 20.9. The Bertz CT molecular complexity index is 784. The van der Waals surface area contributed by atoms with E-state index in [2.05, 4.69) is 49.4 Å². The fourth-order valence-electron chi connectivity index (χ4n) is 7.17. The summed E-state index contributed by atoms with van der Waals surface area (Å²) in [4.78, 5) is 0. The van der Waals surface area contributed by atoms with E-state index in [1.54, 1.807) is 5.56 Å². The van der Waals surface area contributed by atoms with Crippen molar-refractivity contribution in [2.75, 3.05) is 0 Å². The monoisotopic (exact) mass is 432 g/mol. The molecular weight excluding hydrogens is 384 g/mol. The predicted octanol–water partition coefficient (Wildman–Crippen LogP) is 10.5. The number of rotatable bonds is 12. The van der Waals surface area contributed by atoms with E-state index in [1.165, 1.54) is 120 Å². The third-order valence-corrected chi connectivity index (χ3v) is 8.99. The van der Waals surface area contributed by atoms with E-state index in [-0.39, 0.29) is 0 Å². The highest BCUT2D eigenvalue weighted by Gasteiger charge is 2.36. The second kappa shape index (κ2) is 12.8. The van der Waals surface area contributed by atoms with E-state index in [1.807, 2.05) is 0 Å². The standard InChI is InChI=1S/C32H48/c1-2-3-4-5-6-7-8-9-10-20-31(29-24-23-26-16-11-12-18-28(26)25-29)32-22-15-19-27-17-13-14-21-30(27)32/h13-15,17,19,21-22,26,28-29,31H,2-12,16,18,20,23-25H2,1H3. The lowest BCUT2D eigenvalue weighted by molar-refractivity contribution is 0.114. The van der Waals surface area contributed by atoms with Crippen LogP contribution in [0.2, 0.25) is 0 Å². The summed E-state index contributed by atoms with van der Waals surface area (Å²) in [6.07, 6.45) is 24.8. The topological polar surface area (TPSA) is 0 Å². The molecule has 2 aliphatic carbocycles. The lowest BCUT2D eigenvalue weighted by Gasteiger charge is -2.42. The van der Waals surface area contributed by atoms with Gasteiger partial charge in [0.05, 0.1) is 0 Å². The maximum atomic E-state index is 2.48. The van der Waals surface area contributed by atoms with Gasteiger partial charge in [0, 0.05) is 0 Å². The minimum absolute atomic E-state index is 0.772. The van der Waals surface area contributed by atoms with Crippen molar-refractivity contribution in [3.8, 4) is 0 Å². The van der Waals surface area contributed by atoms with Crippen LogP contribution in [-0.4, -0.2) is 0 Å².